The molecule has 0 bridgehead atoms. The monoisotopic (exact) mass is 290 g/mol. The van der Waals surface area contributed by atoms with Crippen molar-refractivity contribution in [1.82, 2.24) is 10.3 Å². The Morgan fingerprint density at radius 1 is 1.35 bits per heavy atom. The fourth-order valence-electron chi connectivity index (χ4n) is 2.28. The van der Waals surface area contributed by atoms with Crippen molar-refractivity contribution in [3.8, 4) is 5.75 Å². The van der Waals surface area contributed by atoms with Crippen molar-refractivity contribution in [3.63, 3.8) is 0 Å². The number of aromatic nitrogens is 1. The summed E-state index contributed by atoms with van der Waals surface area (Å²) < 4.78 is 5.49. The van der Waals surface area contributed by atoms with E-state index in [2.05, 4.69) is 34.7 Å². The van der Waals surface area contributed by atoms with Crippen molar-refractivity contribution in [2.24, 2.45) is 0 Å². The Bertz CT molecular complexity index is 539. The predicted octanol–water partition coefficient (Wildman–Crippen LogP) is 3.74. The Morgan fingerprint density at radius 3 is 2.80 bits per heavy atom. The summed E-state index contributed by atoms with van der Waals surface area (Å²) >= 11 is 1.71. The summed E-state index contributed by atoms with van der Waals surface area (Å²) in [6.45, 7) is 5.22. The molecule has 20 heavy (non-hydrogen) atoms. The number of benzene rings is 1. The molecule has 0 fully saturated rings. The van der Waals surface area contributed by atoms with E-state index in [0.29, 0.717) is 0 Å². The normalized spacial score (nSPS) is 12.3. The molecule has 2 aromatic rings. The molecule has 1 heterocycles. The van der Waals surface area contributed by atoms with Gasteiger partial charge in [0.05, 0.1) is 17.8 Å². The van der Waals surface area contributed by atoms with Crippen LogP contribution >= 0.6 is 11.3 Å². The van der Waals surface area contributed by atoms with Crippen LogP contribution in [0.3, 0.4) is 0 Å². The summed E-state index contributed by atoms with van der Waals surface area (Å²) in [5, 5.41) is 6.87. The van der Waals surface area contributed by atoms with E-state index < -0.39 is 0 Å². The molecule has 0 saturated carbocycles. The van der Waals surface area contributed by atoms with Crippen LogP contribution < -0.4 is 10.1 Å². The highest BCUT2D eigenvalue weighted by Gasteiger charge is 2.16. The molecule has 0 aliphatic carbocycles. The number of hydrogen-bond donors (Lipinski definition) is 1. The summed E-state index contributed by atoms with van der Waals surface area (Å²) in [5.74, 6) is 0.938. The number of para-hydroxylation sites is 1. The molecular weight excluding hydrogens is 268 g/mol. The Balaban J connectivity index is 2.22. The molecule has 1 N–H and O–H groups in total. The van der Waals surface area contributed by atoms with Crippen molar-refractivity contribution in [2.75, 3.05) is 13.7 Å². The van der Waals surface area contributed by atoms with E-state index in [1.165, 1.54) is 5.56 Å². The first-order valence-electron chi connectivity index (χ1n) is 7.02. The molecule has 0 amide bonds. The second-order valence-corrected chi connectivity index (χ2v) is 5.87. The van der Waals surface area contributed by atoms with Crippen molar-refractivity contribution in [2.45, 2.75) is 32.7 Å². The summed E-state index contributed by atoms with van der Waals surface area (Å²) in [6.07, 6.45) is 2.01. The largest absolute Gasteiger partial charge is 0.496 e. The van der Waals surface area contributed by atoms with Crippen molar-refractivity contribution >= 4 is 11.3 Å². The lowest BCUT2D eigenvalue weighted by atomic mass is 10.0. The predicted molar refractivity (Wildman–Crippen MR) is 84.6 cm³/mol. The van der Waals surface area contributed by atoms with Gasteiger partial charge < -0.3 is 10.1 Å². The van der Waals surface area contributed by atoms with Gasteiger partial charge in [-0.05, 0) is 26.0 Å². The highest BCUT2D eigenvalue weighted by atomic mass is 32.1. The molecule has 1 aromatic carbocycles. The lowest BCUT2D eigenvalue weighted by Gasteiger charge is -2.20. The number of rotatable bonds is 7. The van der Waals surface area contributed by atoms with E-state index in [-0.39, 0.29) is 6.04 Å². The van der Waals surface area contributed by atoms with E-state index in [1.54, 1.807) is 18.4 Å². The van der Waals surface area contributed by atoms with Gasteiger partial charge in [-0.3, -0.25) is 0 Å². The van der Waals surface area contributed by atoms with Gasteiger partial charge in [0.2, 0.25) is 0 Å². The zero-order valence-corrected chi connectivity index (χ0v) is 13.2. The number of hydrogen-bond acceptors (Lipinski definition) is 4. The van der Waals surface area contributed by atoms with Crippen LogP contribution in [0.15, 0.2) is 29.6 Å². The molecule has 0 aliphatic rings. The second kappa shape index (κ2) is 7.41. The third-order valence-electron chi connectivity index (χ3n) is 3.23. The van der Waals surface area contributed by atoms with Gasteiger partial charge in [-0.1, -0.05) is 25.1 Å². The topological polar surface area (TPSA) is 34.2 Å². The SMILES string of the molecule is CCCNC(Cc1csc(C)n1)c1ccccc1OC. The first-order chi connectivity index (χ1) is 9.74. The molecule has 1 atom stereocenters. The number of thiazole rings is 1. The van der Waals surface area contributed by atoms with Gasteiger partial charge in [0.1, 0.15) is 5.75 Å². The van der Waals surface area contributed by atoms with E-state index >= 15 is 0 Å². The fraction of sp³-hybridized carbons (Fsp3) is 0.438. The Kier molecular flexibility index (Phi) is 5.56. The Hall–Kier alpha value is -1.39. The van der Waals surface area contributed by atoms with Crippen molar-refractivity contribution in [1.29, 1.82) is 0 Å². The molecule has 4 heteroatoms. The summed E-state index contributed by atoms with van der Waals surface area (Å²) in [5.41, 5.74) is 2.35. The summed E-state index contributed by atoms with van der Waals surface area (Å²) in [7, 11) is 1.72. The van der Waals surface area contributed by atoms with Gasteiger partial charge in [0, 0.05) is 23.4 Å². The molecule has 1 unspecified atom stereocenters. The number of nitrogens with one attached hydrogen (secondary N) is 1. The quantitative estimate of drug-likeness (QED) is 0.843. The zero-order valence-electron chi connectivity index (χ0n) is 12.3. The molecule has 0 saturated heterocycles. The molecule has 108 valence electrons. The van der Waals surface area contributed by atoms with Gasteiger partial charge in [-0.2, -0.15) is 0 Å². The van der Waals surface area contributed by atoms with Crippen LogP contribution in [0.25, 0.3) is 0 Å². The minimum atomic E-state index is 0.243. The molecule has 2 rings (SSSR count). The molecule has 0 radical (unpaired) electrons. The van der Waals surface area contributed by atoms with E-state index in [4.69, 9.17) is 4.74 Å². The van der Waals surface area contributed by atoms with Crippen LogP contribution in [-0.4, -0.2) is 18.6 Å². The first-order valence-corrected chi connectivity index (χ1v) is 7.89. The minimum absolute atomic E-state index is 0.243. The smallest absolute Gasteiger partial charge is 0.123 e. The van der Waals surface area contributed by atoms with Crippen LogP contribution in [0.4, 0.5) is 0 Å². The van der Waals surface area contributed by atoms with E-state index in [0.717, 1.165) is 35.8 Å². The number of aryl methyl sites for hydroxylation is 1. The first kappa shape index (κ1) is 15.0. The molecule has 1 aromatic heterocycles. The van der Waals surface area contributed by atoms with Gasteiger partial charge >= 0.3 is 0 Å². The average molecular weight is 290 g/mol. The molecule has 3 nitrogen and oxygen atoms in total. The van der Waals surface area contributed by atoms with Gasteiger partial charge in [-0.25, -0.2) is 4.98 Å². The summed E-state index contributed by atoms with van der Waals surface area (Å²) in [6, 6.07) is 8.46. The number of nitrogens with zero attached hydrogens (tertiary/aromatic N) is 1. The lowest BCUT2D eigenvalue weighted by Crippen LogP contribution is -2.24. The lowest BCUT2D eigenvalue weighted by molar-refractivity contribution is 0.398. The Labute approximate surface area is 125 Å². The fourth-order valence-corrected chi connectivity index (χ4v) is 2.90. The van der Waals surface area contributed by atoms with Crippen LogP contribution in [-0.2, 0) is 6.42 Å². The van der Waals surface area contributed by atoms with Crippen LogP contribution in [0.1, 0.15) is 35.7 Å². The molecular formula is C16H22N2OS. The van der Waals surface area contributed by atoms with Gasteiger partial charge in [0.15, 0.2) is 0 Å². The third kappa shape index (κ3) is 3.81. The number of ether oxygens (including phenoxy) is 1. The van der Waals surface area contributed by atoms with Crippen LogP contribution in [0.2, 0.25) is 0 Å². The maximum Gasteiger partial charge on any atom is 0.123 e. The second-order valence-electron chi connectivity index (χ2n) is 4.81. The van der Waals surface area contributed by atoms with E-state index in [9.17, 15) is 0 Å². The highest BCUT2D eigenvalue weighted by Crippen LogP contribution is 2.27. The maximum atomic E-state index is 5.49. The van der Waals surface area contributed by atoms with Gasteiger partial charge in [0.25, 0.3) is 0 Å². The van der Waals surface area contributed by atoms with Crippen molar-refractivity contribution in [3.05, 3.63) is 45.9 Å². The zero-order chi connectivity index (χ0) is 14.4. The number of methoxy groups -OCH3 is 1. The molecule has 0 spiro atoms. The minimum Gasteiger partial charge on any atom is -0.496 e. The van der Waals surface area contributed by atoms with Crippen LogP contribution in [0, 0.1) is 6.92 Å². The standard InChI is InChI=1S/C16H22N2OS/c1-4-9-17-15(10-13-11-20-12(2)18-13)14-7-5-6-8-16(14)19-3/h5-8,11,15,17H,4,9-10H2,1-3H3. The molecule has 0 aliphatic heterocycles. The summed E-state index contributed by atoms with van der Waals surface area (Å²) in [4.78, 5) is 4.58. The van der Waals surface area contributed by atoms with E-state index in [1.807, 2.05) is 19.1 Å². The van der Waals surface area contributed by atoms with Gasteiger partial charge in [-0.15, -0.1) is 11.3 Å². The highest BCUT2D eigenvalue weighted by molar-refractivity contribution is 7.09. The maximum absolute atomic E-state index is 5.49. The van der Waals surface area contributed by atoms with Crippen molar-refractivity contribution < 1.29 is 4.74 Å². The average Bonchev–Trinajstić information content (AvgIpc) is 2.88. The Morgan fingerprint density at radius 2 is 2.15 bits per heavy atom. The third-order valence-corrected chi connectivity index (χ3v) is 4.06. The van der Waals surface area contributed by atoms with Crippen LogP contribution in [0.5, 0.6) is 5.75 Å².